The molecule has 0 aromatic heterocycles. The molecular formula is C4H7IO2. The van der Waals surface area contributed by atoms with E-state index in [2.05, 4.69) is 34.4 Å². The lowest BCUT2D eigenvalue weighted by atomic mass is 10.2. The van der Waals surface area contributed by atoms with Crippen LogP contribution in [0.5, 0.6) is 0 Å². The standard InChI is InChI=1S/C4H7IO2/c1-3-2-6-7-4(3)5/h3-4H,2H2,1H3. The van der Waals surface area contributed by atoms with Crippen LogP contribution in [0.3, 0.4) is 0 Å². The van der Waals surface area contributed by atoms with Gasteiger partial charge in [0.05, 0.1) is 6.61 Å². The van der Waals surface area contributed by atoms with Crippen LogP contribution in [0, 0.1) is 5.92 Å². The fourth-order valence-electron chi connectivity index (χ4n) is 0.382. The maximum absolute atomic E-state index is 4.75. The van der Waals surface area contributed by atoms with Gasteiger partial charge in [0.15, 0.2) is 0 Å². The summed E-state index contributed by atoms with van der Waals surface area (Å²) in [6.07, 6.45) is 0. The van der Waals surface area contributed by atoms with Crippen LogP contribution < -0.4 is 0 Å². The lowest BCUT2D eigenvalue weighted by Gasteiger charge is -1.97. The third kappa shape index (κ3) is 1.27. The fourth-order valence-corrected chi connectivity index (χ4v) is 0.737. The van der Waals surface area contributed by atoms with Crippen LogP contribution in [-0.2, 0) is 9.78 Å². The smallest absolute Gasteiger partial charge is 0.148 e. The molecule has 0 aromatic carbocycles. The molecule has 0 radical (unpaired) electrons. The summed E-state index contributed by atoms with van der Waals surface area (Å²) in [6.45, 7) is 2.84. The number of halogens is 1. The van der Waals surface area contributed by atoms with Gasteiger partial charge in [0.2, 0.25) is 0 Å². The summed E-state index contributed by atoms with van der Waals surface area (Å²) < 4.78 is 0.262. The van der Waals surface area contributed by atoms with Crippen molar-refractivity contribution in [2.75, 3.05) is 6.61 Å². The zero-order chi connectivity index (χ0) is 5.28. The van der Waals surface area contributed by atoms with Crippen LogP contribution in [0.1, 0.15) is 6.92 Å². The van der Waals surface area contributed by atoms with Gasteiger partial charge >= 0.3 is 0 Å². The van der Waals surface area contributed by atoms with Gasteiger partial charge in [-0.25, -0.2) is 9.78 Å². The molecule has 0 bridgehead atoms. The molecule has 42 valence electrons. The van der Waals surface area contributed by atoms with Crippen molar-refractivity contribution in [1.29, 1.82) is 0 Å². The van der Waals surface area contributed by atoms with E-state index in [0.29, 0.717) is 5.92 Å². The van der Waals surface area contributed by atoms with E-state index in [-0.39, 0.29) is 4.11 Å². The second-order valence-corrected chi connectivity index (χ2v) is 2.94. The highest BCUT2D eigenvalue weighted by molar-refractivity contribution is 14.1. The summed E-state index contributed by atoms with van der Waals surface area (Å²) in [7, 11) is 0. The van der Waals surface area contributed by atoms with Crippen molar-refractivity contribution in [3.63, 3.8) is 0 Å². The molecule has 1 rings (SSSR count). The Balaban J connectivity index is 2.33. The van der Waals surface area contributed by atoms with Gasteiger partial charge in [0.1, 0.15) is 4.11 Å². The van der Waals surface area contributed by atoms with Crippen molar-refractivity contribution in [3.8, 4) is 0 Å². The van der Waals surface area contributed by atoms with Crippen molar-refractivity contribution in [2.45, 2.75) is 11.0 Å². The van der Waals surface area contributed by atoms with E-state index >= 15 is 0 Å². The van der Waals surface area contributed by atoms with Gasteiger partial charge in [-0.1, -0.05) is 6.92 Å². The molecule has 7 heavy (non-hydrogen) atoms. The predicted octanol–water partition coefficient (Wildman–Crippen LogP) is 1.35. The first-order valence-electron chi connectivity index (χ1n) is 2.23. The average molecular weight is 214 g/mol. The van der Waals surface area contributed by atoms with Gasteiger partial charge in [-0.2, -0.15) is 0 Å². The van der Waals surface area contributed by atoms with Crippen LogP contribution in [0.4, 0.5) is 0 Å². The van der Waals surface area contributed by atoms with E-state index in [1.807, 2.05) is 0 Å². The lowest BCUT2D eigenvalue weighted by Crippen LogP contribution is -2.03. The van der Waals surface area contributed by atoms with Crippen molar-refractivity contribution >= 4 is 22.6 Å². The first-order chi connectivity index (χ1) is 3.30. The molecule has 0 saturated carbocycles. The Morgan fingerprint density at radius 2 is 2.43 bits per heavy atom. The third-order valence-corrected chi connectivity index (χ3v) is 2.37. The molecule has 1 aliphatic rings. The van der Waals surface area contributed by atoms with Crippen LogP contribution in [0.2, 0.25) is 0 Å². The highest BCUT2D eigenvalue weighted by atomic mass is 127. The van der Waals surface area contributed by atoms with E-state index in [1.165, 1.54) is 0 Å². The molecule has 0 aromatic rings. The van der Waals surface area contributed by atoms with Gasteiger partial charge in [0.25, 0.3) is 0 Å². The molecule has 2 nitrogen and oxygen atoms in total. The Morgan fingerprint density at radius 3 is 2.57 bits per heavy atom. The molecule has 0 N–H and O–H groups in total. The van der Waals surface area contributed by atoms with Gasteiger partial charge in [-0.05, 0) is 22.6 Å². The molecule has 3 heteroatoms. The van der Waals surface area contributed by atoms with Crippen molar-refractivity contribution < 1.29 is 9.78 Å². The molecule has 0 aliphatic carbocycles. The molecule has 1 aliphatic heterocycles. The van der Waals surface area contributed by atoms with E-state index in [0.717, 1.165) is 6.61 Å². The summed E-state index contributed by atoms with van der Waals surface area (Å²) in [4.78, 5) is 9.41. The molecule has 2 atom stereocenters. The quantitative estimate of drug-likeness (QED) is 0.344. The van der Waals surface area contributed by atoms with E-state index in [1.54, 1.807) is 0 Å². The molecule has 0 spiro atoms. The Labute approximate surface area is 56.2 Å². The van der Waals surface area contributed by atoms with Crippen LogP contribution in [-0.4, -0.2) is 10.7 Å². The summed E-state index contributed by atoms with van der Waals surface area (Å²) in [5.74, 6) is 0.556. The van der Waals surface area contributed by atoms with E-state index in [9.17, 15) is 0 Å². The Bertz CT molecular complexity index is 58.7. The second-order valence-electron chi connectivity index (χ2n) is 1.71. The molecule has 1 heterocycles. The van der Waals surface area contributed by atoms with Gasteiger partial charge in [-0.15, -0.1) is 0 Å². The first kappa shape index (κ1) is 5.78. The minimum absolute atomic E-state index is 0.262. The largest absolute Gasteiger partial charge is 0.235 e. The molecule has 0 amide bonds. The SMILES string of the molecule is CC1COOC1I. The summed E-state index contributed by atoms with van der Waals surface area (Å²) in [5.41, 5.74) is 0. The lowest BCUT2D eigenvalue weighted by molar-refractivity contribution is -0.252. The van der Waals surface area contributed by atoms with E-state index < -0.39 is 0 Å². The fraction of sp³-hybridized carbons (Fsp3) is 1.00. The maximum atomic E-state index is 4.75. The van der Waals surface area contributed by atoms with Crippen LogP contribution in [0.15, 0.2) is 0 Å². The third-order valence-electron chi connectivity index (χ3n) is 0.938. The monoisotopic (exact) mass is 214 g/mol. The van der Waals surface area contributed by atoms with Crippen molar-refractivity contribution in [1.82, 2.24) is 0 Å². The summed E-state index contributed by atoms with van der Waals surface area (Å²) in [6, 6.07) is 0. The normalized spacial score (nSPS) is 42.0. The Morgan fingerprint density at radius 1 is 1.71 bits per heavy atom. The first-order valence-corrected chi connectivity index (χ1v) is 3.47. The second kappa shape index (κ2) is 2.28. The highest BCUT2D eigenvalue weighted by Crippen LogP contribution is 2.21. The predicted molar refractivity (Wildman–Crippen MR) is 34.0 cm³/mol. The number of rotatable bonds is 0. The zero-order valence-electron chi connectivity index (χ0n) is 4.06. The number of alkyl halides is 1. The topological polar surface area (TPSA) is 18.5 Å². The Hall–Kier alpha value is 0.650. The maximum Gasteiger partial charge on any atom is 0.148 e. The van der Waals surface area contributed by atoms with Crippen LogP contribution >= 0.6 is 22.6 Å². The minimum atomic E-state index is 0.262. The average Bonchev–Trinajstić information content (AvgIpc) is 1.91. The number of hydrogen-bond acceptors (Lipinski definition) is 2. The number of hydrogen-bond donors (Lipinski definition) is 0. The highest BCUT2D eigenvalue weighted by Gasteiger charge is 2.22. The van der Waals surface area contributed by atoms with Crippen LogP contribution in [0.25, 0.3) is 0 Å². The van der Waals surface area contributed by atoms with Crippen molar-refractivity contribution in [2.24, 2.45) is 5.92 Å². The zero-order valence-corrected chi connectivity index (χ0v) is 6.21. The summed E-state index contributed by atoms with van der Waals surface area (Å²) >= 11 is 2.21. The molecule has 1 saturated heterocycles. The van der Waals surface area contributed by atoms with Gasteiger partial charge in [-0.3, -0.25) is 0 Å². The van der Waals surface area contributed by atoms with Gasteiger partial charge < -0.3 is 0 Å². The summed E-state index contributed by atoms with van der Waals surface area (Å²) in [5, 5.41) is 0. The van der Waals surface area contributed by atoms with Gasteiger partial charge in [0, 0.05) is 5.92 Å². The van der Waals surface area contributed by atoms with Crippen molar-refractivity contribution in [3.05, 3.63) is 0 Å². The molecule has 1 fully saturated rings. The minimum Gasteiger partial charge on any atom is -0.235 e. The Kier molecular flexibility index (Phi) is 1.88. The molecular weight excluding hydrogens is 207 g/mol. The van der Waals surface area contributed by atoms with E-state index in [4.69, 9.17) is 4.89 Å². The molecule has 2 unspecified atom stereocenters.